The van der Waals surface area contributed by atoms with E-state index in [0.29, 0.717) is 0 Å². The van der Waals surface area contributed by atoms with Gasteiger partial charge >= 0.3 is 0 Å². The van der Waals surface area contributed by atoms with E-state index in [9.17, 15) is 0 Å². The van der Waals surface area contributed by atoms with Crippen LogP contribution >= 0.6 is 0 Å². The highest BCUT2D eigenvalue weighted by molar-refractivity contribution is 6.84. The van der Waals surface area contributed by atoms with Crippen molar-refractivity contribution in [1.29, 1.82) is 0 Å². The maximum absolute atomic E-state index is 5.71. The first-order valence-electron chi connectivity index (χ1n) is 4.62. The maximum Gasteiger partial charge on any atom is 0.122 e. The Morgan fingerprint density at radius 2 is 1.00 bits per heavy atom. The van der Waals surface area contributed by atoms with E-state index < -0.39 is 16.1 Å². The van der Waals surface area contributed by atoms with Gasteiger partial charge in [0, 0.05) is 0 Å². The molecule has 3 heteroatoms. The minimum atomic E-state index is -1.36. The zero-order chi connectivity index (χ0) is 10.9. The summed E-state index contributed by atoms with van der Waals surface area (Å²) in [6.45, 7) is 21.3. The molecule has 0 aromatic heterocycles. The SMILES string of the molecule is C=C(OC(=C)[Si](C)(C)C)[Si](C)(C)C. The zero-order valence-corrected chi connectivity index (χ0v) is 11.8. The molecule has 0 rings (SSSR count). The number of hydrogen-bond acceptors (Lipinski definition) is 1. The van der Waals surface area contributed by atoms with Crippen molar-refractivity contribution in [3.63, 3.8) is 0 Å². The van der Waals surface area contributed by atoms with Crippen LogP contribution in [0.1, 0.15) is 0 Å². The molecule has 0 saturated carbocycles. The van der Waals surface area contributed by atoms with Crippen LogP contribution in [-0.2, 0) is 4.74 Å². The van der Waals surface area contributed by atoms with Gasteiger partial charge < -0.3 is 4.74 Å². The van der Waals surface area contributed by atoms with E-state index in [0.717, 1.165) is 10.8 Å². The van der Waals surface area contributed by atoms with Crippen molar-refractivity contribution in [3.8, 4) is 0 Å². The molecule has 0 aliphatic rings. The molecule has 0 radical (unpaired) electrons. The lowest BCUT2D eigenvalue weighted by molar-refractivity contribution is 0.359. The van der Waals surface area contributed by atoms with Crippen LogP contribution in [-0.4, -0.2) is 16.1 Å². The van der Waals surface area contributed by atoms with Gasteiger partial charge in [-0.05, 0) is 0 Å². The number of ether oxygens (including phenoxy) is 1. The van der Waals surface area contributed by atoms with Gasteiger partial charge in [-0.15, -0.1) is 0 Å². The summed E-state index contributed by atoms with van der Waals surface area (Å²) in [5, 5.41) is 1.89. The molecule has 0 unspecified atom stereocenters. The summed E-state index contributed by atoms with van der Waals surface area (Å²) < 4.78 is 5.71. The molecular weight excluding hydrogens is 192 g/mol. The summed E-state index contributed by atoms with van der Waals surface area (Å²) in [5.74, 6) is 0. The van der Waals surface area contributed by atoms with E-state index in [1.54, 1.807) is 0 Å². The quantitative estimate of drug-likeness (QED) is 0.511. The lowest BCUT2D eigenvalue weighted by Crippen LogP contribution is -2.30. The molecule has 0 bridgehead atoms. The molecule has 0 fully saturated rings. The highest BCUT2D eigenvalue weighted by Gasteiger charge is 2.25. The largest absolute Gasteiger partial charge is 0.478 e. The van der Waals surface area contributed by atoms with E-state index in [4.69, 9.17) is 4.74 Å². The minimum absolute atomic E-state index is 0.944. The second kappa shape index (κ2) is 3.84. The van der Waals surface area contributed by atoms with E-state index in [-0.39, 0.29) is 0 Å². The van der Waals surface area contributed by atoms with Crippen LogP contribution in [0.4, 0.5) is 0 Å². The van der Waals surface area contributed by atoms with Crippen molar-refractivity contribution in [3.05, 3.63) is 23.9 Å². The molecule has 0 aromatic carbocycles. The van der Waals surface area contributed by atoms with Crippen molar-refractivity contribution in [2.24, 2.45) is 0 Å². The molecule has 76 valence electrons. The van der Waals surface area contributed by atoms with Crippen LogP contribution in [0, 0.1) is 0 Å². The second-order valence-electron chi connectivity index (χ2n) is 5.45. The third-order valence-corrected chi connectivity index (χ3v) is 5.47. The van der Waals surface area contributed by atoms with Gasteiger partial charge in [0.05, 0.1) is 10.8 Å². The van der Waals surface area contributed by atoms with Gasteiger partial charge in [0.2, 0.25) is 0 Å². The standard InChI is InChI=1S/C10H22OSi2/c1-9(12(3,4)5)11-10(2)13(6,7)8/h1-2H2,3-8H3. The first-order valence-corrected chi connectivity index (χ1v) is 11.6. The van der Waals surface area contributed by atoms with Crippen molar-refractivity contribution in [1.82, 2.24) is 0 Å². The average Bonchev–Trinajstić information content (AvgIpc) is 1.82. The van der Waals surface area contributed by atoms with Crippen LogP contribution < -0.4 is 0 Å². The topological polar surface area (TPSA) is 9.23 Å². The lowest BCUT2D eigenvalue weighted by Gasteiger charge is -2.26. The Balaban J connectivity index is 4.34. The maximum atomic E-state index is 5.71. The predicted molar refractivity (Wildman–Crippen MR) is 66.1 cm³/mol. The van der Waals surface area contributed by atoms with Crippen LogP contribution in [0.3, 0.4) is 0 Å². The fourth-order valence-electron chi connectivity index (χ4n) is 0.455. The Morgan fingerprint density at radius 1 is 0.769 bits per heavy atom. The molecule has 0 aliphatic heterocycles. The van der Waals surface area contributed by atoms with Gasteiger partial charge in [0.25, 0.3) is 0 Å². The van der Waals surface area contributed by atoms with Gasteiger partial charge in [-0.1, -0.05) is 52.4 Å². The summed E-state index contributed by atoms with van der Waals surface area (Å²) in [6, 6.07) is 0. The van der Waals surface area contributed by atoms with Crippen molar-refractivity contribution < 1.29 is 4.74 Å². The smallest absolute Gasteiger partial charge is 0.122 e. The third kappa shape index (κ3) is 4.48. The fraction of sp³-hybridized carbons (Fsp3) is 0.600. The summed E-state index contributed by atoms with van der Waals surface area (Å²) >= 11 is 0. The van der Waals surface area contributed by atoms with E-state index in [1.165, 1.54) is 0 Å². The van der Waals surface area contributed by atoms with Gasteiger partial charge in [-0.25, -0.2) is 0 Å². The van der Waals surface area contributed by atoms with Crippen LogP contribution in [0.15, 0.2) is 23.9 Å². The Morgan fingerprint density at radius 3 is 1.15 bits per heavy atom. The summed E-state index contributed by atoms with van der Waals surface area (Å²) in [4.78, 5) is 0. The van der Waals surface area contributed by atoms with Crippen LogP contribution in [0.25, 0.3) is 0 Å². The number of rotatable bonds is 4. The van der Waals surface area contributed by atoms with Gasteiger partial charge in [-0.3, -0.25) is 0 Å². The molecule has 1 nitrogen and oxygen atoms in total. The molecule has 0 heterocycles. The van der Waals surface area contributed by atoms with Crippen LogP contribution in [0.5, 0.6) is 0 Å². The van der Waals surface area contributed by atoms with Gasteiger partial charge in [0.15, 0.2) is 0 Å². The number of hydrogen-bond donors (Lipinski definition) is 0. The van der Waals surface area contributed by atoms with Gasteiger partial charge in [-0.2, -0.15) is 0 Å². The van der Waals surface area contributed by atoms with Crippen molar-refractivity contribution in [2.75, 3.05) is 0 Å². The summed E-state index contributed by atoms with van der Waals surface area (Å²) in [7, 11) is -2.71. The fourth-order valence-corrected chi connectivity index (χ4v) is 1.42. The molecule has 0 aromatic rings. The summed E-state index contributed by atoms with van der Waals surface area (Å²) in [5.41, 5.74) is 0. The van der Waals surface area contributed by atoms with E-state index in [2.05, 4.69) is 52.4 Å². The average molecular weight is 214 g/mol. The Labute approximate surface area is 84.5 Å². The first kappa shape index (κ1) is 12.7. The Kier molecular flexibility index (Phi) is 3.75. The molecule has 0 saturated heterocycles. The van der Waals surface area contributed by atoms with Gasteiger partial charge in [0.1, 0.15) is 16.1 Å². The zero-order valence-electron chi connectivity index (χ0n) is 9.82. The highest BCUT2D eigenvalue weighted by Crippen LogP contribution is 2.21. The lowest BCUT2D eigenvalue weighted by atomic mass is 11.0. The Hall–Kier alpha value is -0.286. The van der Waals surface area contributed by atoms with Crippen LogP contribution in [0.2, 0.25) is 39.3 Å². The molecule has 0 spiro atoms. The molecule has 13 heavy (non-hydrogen) atoms. The first-order chi connectivity index (χ1) is 5.55. The molecule has 0 N–H and O–H groups in total. The minimum Gasteiger partial charge on any atom is -0.478 e. The third-order valence-electron chi connectivity index (χ3n) is 1.92. The summed E-state index contributed by atoms with van der Waals surface area (Å²) in [6.07, 6.45) is 0. The monoisotopic (exact) mass is 214 g/mol. The predicted octanol–water partition coefficient (Wildman–Crippen LogP) is 3.79. The molecule has 0 amide bonds. The molecule has 0 atom stereocenters. The second-order valence-corrected chi connectivity index (χ2v) is 15.6. The molecule has 0 aliphatic carbocycles. The normalized spacial score (nSPS) is 12.5. The van der Waals surface area contributed by atoms with E-state index >= 15 is 0 Å². The van der Waals surface area contributed by atoms with Crippen molar-refractivity contribution >= 4 is 16.1 Å². The highest BCUT2D eigenvalue weighted by atomic mass is 28.3. The Bertz CT molecular complexity index is 194. The van der Waals surface area contributed by atoms with E-state index in [1.807, 2.05) is 0 Å². The molecular formula is C10H22OSi2. The van der Waals surface area contributed by atoms with Crippen molar-refractivity contribution in [2.45, 2.75) is 39.3 Å².